The highest BCUT2D eigenvalue weighted by atomic mass is 35.5. The quantitative estimate of drug-likeness (QED) is 0.544. The maximum Gasteiger partial charge on any atom is 0.123 e. The van der Waals surface area contributed by atoms with Crippen LogP contribution in [-0.4, -0.2) is 56.2 Å². The van der Waals surface area contributed by atoms with Gasteiger partial charge in [-0.2, -0.15) is 0 Å². The van der Waals surface area contributed by atoms with Crippen molar-refractivity contribution in [2.24, 2.45) is 0 Å². The highest BCUT2D eigenvalue weighted by Gasteiger charge is 2.29. The Labute approximate surface area is 197 Å². The first kappa shape index (κ1) is 25.9. The van der Waals surface area contributed by atoms with E-state index < -0.39 is 0 Å². The predicted molar refractivity (Wildman–Crippen MR) is 135 cm³/mol. The van der Waals surface area contributed by atoms with Crippen LogP contribution >= 0.6 is 11.6 Å². The third-order valence-corrected chi connectivity index (χ3v) is 5.76. The van der Waals surface area contributed by atoms with Crippen molar-refractivity contribution in [3.05, 3.63) is 82.8 Å². The highest BCUT2D eigenvalue weighted by molar-refractivity contribution is 6.30. The molecule has 1 N–H and O–H groups in total. The van der Waals surface area contributed by atoms with Crippen molar-refractivity contribution in [1.29, 1.82) is 0 Å². The number of anilines is 1. The number of nitrogens with one attached hydrogen (secondary N) is 1. The Kier molecular flexibility index (Phi) is 10.2. The summed E-state index contributed by atoms with van der Waals surface area (Å²) in [6, 6.07) is 13.3. The van der Waals surface area contributed by atoms with Gasteiger partial charge >= 0.3 is 0 Å². The Morgan fingerprint density at radius 3 is 2.44 bits per heavy atom. The molecule has 0 amide bonds. The first-order valence-electron chi connectivity index (χ1n) is 10.8. The summed E-state index contributed by atoms with van der Waals surface area (Å²) in [5, 5.41) is 3.89. The van der Waals surface area contributed by atoms with Crippen molar-refractivity contribution in [2.75, 3.05) is 39.7 Å². The minimum Gasteiger partial charge on any atom is -0.388 e. The predicted octanol–water partition coefficient (Wildman–Crippen LogP) is 5.91. The molecule has 6 heteroatoms. The molecule has 0 radical (unpaired) electrons. The number of rotatable bonds is 6. The molecule has 0 saturated carbocycles. The SMILES string of the molecule is C=C(/C=C/c1ccc(Cl)cc1NC)N1C[C@H](C)N(Cc2ccc(F)cc2)C[C@H]1C.COC. The van der Waals surface area contributed by atoms with Crippen molar-refractivity contribution in [3.63, 3.8) is 0 Å². The molecule has 0 unspecified atom stereocenters. The van der Waals surface area contributed by atoms with Crippen LogP contribution in [0.3, 0.4) is 0 Å². The number of nitrogens with zero attached hydrogens (tertiary/aromatic N) is 2. The van der Waals surface area contributed by atoms with E-state index in [0.29, 0.717) is 17.1 Å². The maximum absolute atomic E-state index is 13.2. The van der Waals surface area contributed by atoms with Crippen LogP contribution in [0.15, 0.2) is 60.8 Å². The van der Waals surface area contributed by atoms with Gasteiger partial charge < -0.3 is 15.0 Å². The zero-order valence-corrected chi connectivity index (χ0v) is 20.5. The minimum absolute atomic E-state index is 0.190. The van der Waals surface area contributed by atoms with E-state index in [9.17, 15) is 4.39 Å². The van der Waals surface area contributed by atoms with Gasteiger partial charge in [-0.15, -0.1) is 0 Å². The van der Waals surface area contributed by atoms with Gasteiger partial charge in [-0.25, -0.2) is 4.39 Å². The van der Waals surface area contributed by atoms with Crippen molar-refractivity contribution < 1.29 is 9.13 Å². The van der Waals surface area contributed by atoms with E-state index in [2.05, 4.69) is 52.4 Å². The van der Waals surface area contributed by atoms with E-state index in [1.54, 1.807) is 14.2 Å². The number of halogens is 2. The molecule has 174 valence electrons. The molecule has 1 heterocycles. The van der Waals surface area contributed by atoms with Crippen LogP contribution in [0.1, 0.15) is 25.0 Å². The second-order valence-electron chi connectivity index (χ2n) is 8.12. The van der Waals surface area contributed by atoms with Crippen LogP contribution in [0.25, 0.3) is 6.08 Å². The lowest BCUT2D eigenvalue weighted by atomic mass is 10.1. The van der Waals surface area contributed by atoms with Gasteiger partial charge in [0.25, 0.3) is 0 Å². The second-order valence-corrected chi connectivity index (χ2v) is 8.56. The van der Waals surface area contributed by atoms with E-state index >= 15 is 0 Å². The van der Waals surface area contributed by atoms with Gasteiger partial charge in [-0.05, 0) is 55.3 Å². The van der Waals surface area contributed by atoms with Gasteiger partial charge in [-0.3, -0.25) is 4.90 Å². The Morgan fingerprint density at radius 1 is 1.16 bits per heavy atom. The van der Waals surface area contributed by atoms with E-state index in [4.69, 9.17) is 11.6 Å². The maximum atomic E-state index is 13.2. The molecule has 1 aliphatic rings. The number of hydrogen-bond donors (Lipinski definition) is 1. The smallest absolute Gasteiger partial charge is 0.123 e. The van der Waals surface area contributed by atoms with E-state index in [1.807, 2.05) is 37.4 Å². The van der Waals surface area contributed by atoms with Crippen LogP contribution in [0.5, 0.6) is 0 Å². The lowest BCUT2D eigenvalue weighted by Crippen LogP contribution is -2.55. The lowest BCUT2D eigenvalue weighted by molar-refractivity contribution is 0.0619. The second kappa shape index (κ2) is 12.6. The number of benzene rings is 2. The van der Waals surface area contributed by atoms with Gasteiger partial charge in [0.2, 0.25) is 0 Å². The Balaban J connectivity index is 0.00000114. The summed E-state index contributed by atoms with van der Waals surface area (Å²) >= 11 is 6.08. The molecule has 32 heavy (non-hydrogen) atoms. The molecular weight excluding hydrogens is 425 g/mol. The van der Waals surface area contributed by atoms with Gasteiger partial charge in [0.1, 0.15) is 5.82 Å². The first-order chi connectivity index (χ1) is 15.3. The highest BCUT2D eigenvalue weighted by Crippen LogP contribution is 2.25. The Morgan fingerprint density at radius 2 is 1.81 bits per heavy atom. The summed E-state index contributed by atoms with van der Waals surface area (Å²) in [5.41, 5.74) is 4.21. The van der Waals surface area contributed by atoms with Crippen LogP contribution in [0, 0.1) is 5.82 Å². The number of methoxy groups -OCH3 is 1. The lowest BCUT2D eigenvalue weighted by Gasteiger charge is -2.45. The molecular formula is C26H35ClFN3O. The summed E-state index contributed by atoms with van der Waals surface area (Å²) in [6.07, 6.45) is 4.15. The van der Waals surface area contributed by atoms with Crippen LogP contribution in [0.4, 0.5) is 10.1 Å². The van der Waals surface area contributed by atoms with Crippen molar-refractivity contribution in [2.45, 2.75) is 32.5 Å². The number of allylic oxidation sites excluding steroid dienone is 1. The molecule has 2 aromatic carbocycles. The zero-order valence-electron chi connectivity index (χ0n) is 19.7. The molecule has 1 aliphatic heterocycles. The largest absolute Gasteiger partial charge is 0.388 e. The average Bonchev–Trinajstić information content (AvgIpc) is 2.77. The van der Waals surface area contributed by atoms with Crippen molar-refractivity contribution in [3.8, 4) is 0 Å². The molecule has 0 spiro atoms. The zero-order chi connectivity index (χ0) is 23.7. The molecule has 0 aromatic heterocycles. The monoisotopic (exact) mass is 459 g/mol. The summed E-state index contributed by atoms with van der Waals surface area (Å²) in [7, 11) is 5.14. The van der Waals surface area contributed by atoms with E-state index in [1.165, 1.54) is 12.1 Å². The summed E-state index contributed by atoms with van der Waals surface area (Å²) in [5.74, 6) is -0.190. The standard InChI is InChI=1S/C24H29ClFN3.C2H6O/c1-17(5-8-21-9-10-22(25)13-24(21)27-4)29-15-18(2)28(14-19(29)3)16-20-6-11-23(26)12-7-20;1-3-2/h5-13,18-19,27H,1,14-16H2,2-4H3;1-2H3/b8-5+;/t18-,19+;/m0./s1. The third kappa shape index (κ3) is 7.37. The number of piperazine rings is 1. The van der Waals surface area contributed by atoms with Crippen LogP contribution in [0.2, 0.25) is 5.02 Å². The average molecular weight is 460 g/mol. The summed E-state index contributed by atoms with van der Waals surface area (Å²) in [4.78, 5) is 4.81. The number of hydrogen-bond acceptors (Lipinski definition) is 4. The van der Waals surface area contributed by atoms with E-state index in [0.717, 1.165) is 42.1 Å². The molecule has 0 bridgehead atoms. The molecule has 1 saturated heterocycles. The van der Waals surface area contributed by atoms with Gasteiger partial charge in [0, 0.05) is 69.4 Å². The van der Waals surface area contributed by atoms with Crippen LogP contribution in [-0.2, 0) is 11.3 Å². The fourth-order valence-corrected chi connectivity index (χ4v) is 3.99. The first-order valence-corrected chi connectivity index (χ1v) is 11.2. The van der Waals surface area contributed by atoms with Crippen molar-refractivity contribution >= 4 is 23.4 Å². The topological polar surface area (TPSA) is 27.7 Å². The van der Waals surface area contributed by atoms with E-state index in [-0.39, 0.29) is 5.82 Å². The summed E-state index contributed by atoms with van der Waals surface area (Å²) in [6.45, 7) is 11.4. The van der Waals surface area contributed by atoms with Gasteiger partial charge in [0.15, 0.2) is 0 Å². The molecule has 1 fully saturated rings. The minimum atomic E-state index is -0.190. The molecule has 0 aliphatic carbocycles. The van der Waals surface area contributed by atoms with Gasteiger partial charge in [-0.1, -0.05) is 42.5 Å². The molecule has 2 atom stereocenters. The van der Waals surface area contributed by atoms with Crippen LogP contribution < -0.4 is 5.32 Å². The molecule has 3 rings (SSSR count). The fraction of sp³-hybridized carbons (Fsp3) is 0.385. The van der Waals surface area contributed by atoms with Gasteiger partial charge in [0.05, 0.1) is 0 Å². The summed E-state index contributed by atoms with van der Waals surface area (Å²) < 4.78 is 17.4. The third-order valence-electron chi connectivity index (χ3n) is 5.52. The Bertz CT molecular complexity index is 900. The normalized spacial score (nSPS) is 18.9. The van der Waals surface area contributed by atoms with Crippen molar-refractivity contribution in [1.82, 2.24) is 9.80 Å². The molecule has 4 nitrogen and oxygen atoms in total. The number of ether oxygens (including phenoxy) is 1. The molecule has 2 aromatic rings. The Hall–Kier alpha value is -2.34. The fourth-order valence-electron chi connectivity index (χ4n) is 3.82.